The topological polar surface area (TPSA) is 58.8 Å². The first-order valence-electron chi connectivity index (χ1n) is 4.74. The summed E-state index contributed by atoms with van der Waals surface area (Å²) in [5.74, 6) is 0.998. The Labute approximate surface area is 93.2 Å². The molecule has 0 aliphatic heterocycles. The fourth-order valence-electron chi connectivity index (χ4n) is 1.17. The molecule has 2 heterocycles. The second-order valence-electron chi connectivity index (χ2n) is 3.23. The predicted octanol–water partition coefficient (Wildman–Crippen LogP) is 2.45. The molecule has 16 heavy (non-hydrogen) atoms. The van der Waals surface area contributed by atoms with Gasteiger partial charge in [0, 0.05) is 18.0 Å². The maximum absolute atomic E-state index is 8.72. The van der Waals surface area contributed by atoms with Crippen LogP contribution in [0.5, 0.6) is 11.6 Å². The van der Waals surface area contributed by atoms with Crippen molar-refractivity contribution < 1.29 is 4.74 Å². The van der Waals surface area contributed by atoms with Gasteiger partial charge in [-0.2, -0.15) is 5.26 Å². The number of nitrogens with zero attached hydrogens (tertiary/aromatic N) is 3. The number of aryl methyl sites for hydroxylation is 1. The molecule has 2 aromatic heterocycles. The van der Waals surface area contributed by atoms with Crippen LogP contribution < -0.4 is 4.74 Å². The standard InChI is InChI=1S/C12H9N3O/c1-9-2-3-11(8-15-9)16-12-6-10(7-13)4-5-14-12/h2-6,8H,1H3. The lowest BCUT2D eigenvalue weighted by Crippen LogP contribution is -1.89. The van der Waals surface area contributed by atoms with Gasteiger partial charge in [-0.05, 0) is 25.1 Å². The molecule has 0 saturated heterocycles. The molecular weight excluding hydrogens is 202 g/mol. The third-order valence-electron chi connectivity index (χ3n) is 1.97. The minimum atomic E-state index is 0.393. The van der Waals surface area contributed by atoms with Crippen LogP contribution in [-0.4, -0.2) is 9.97 Å². The van der Waals surface area contributed by atoms with E-state index in [1.165, 1.54) is 6.20 Å². The number of hydrogen-bond donors (Lipinski definition) is 0. The van der Waals surface area contributed by atoms with Crippen LogP contribution in [0.3, 0.4) is 0 Å². The van der Waals surface area contributed by atoms with Crippen molar-refractivity contribution in [3.8, 4) is 17.7 Å². The number of rotatable bonds is 2. The van der Waals surface area contributed by atoms with Gasteiger partial charge in [0.2, 0.25) is 5.88 Å². The molecule has 0 unspecified atom stereocenters. The summed E-state index contributed by atoms with van der Waals surface area (Å²) >= 11 is 0. The molecular formula is C12H9N3O. The quantitative estimate of drug-likeness (QED) is 0.765. The molecule has 0 radical (unpaired) electrons. The summed E-state index contributed by atoms with van der Waals surface area (Å²) < 4.78 is 5.45. The summed E-state index contributed by atoms with van der Waals surface area (Å²) in [4.78, 5) is 8.10. The minimum absolute atomic E-state index is 0.393. The Kier molecular flexibility index (Phi) is 2.79. The second-order valence-corrected chi connectivity index (χ2v) is 3.23. The molecule has 0 atom stereocenters. The Morgan fingerprint density at radius 1 is 1.25 bits per heavy atom. The molecule has 0 bridgehead atoms. The van der Waals surface area contributed by atoms with E-state index in [2.05, 4.69) is 9.97 Å². The van der Waals surface area contributed by atoms with Crippen LogP contribution in [0.4, 0.5) is 0 Å². The molecule has 0 fully saturated rings. The Morgan fingerprint density at radius 2 is 2.12 bits per heavy atom. The second kappa shape index (κ2) is 4.41. The normalized spacial score (nSPS) is 9.50. The van der Waals surface area contributed by atoms with Gasteiger partial charge in [-0.1, -0.05) is 0 Å². The van der Waals surface area contributed by atoms with Gasteiger partial charge in [-0.25, -0.2) is 4.98 Å². The summed E-state index contributed by atoms with van der Waals surface area (Å²) in [6.07, 6.45) is 3.16. The van der Waals surface area contributed by atoms with Crippen LogP contribution in [0, 0.1) is 18.3 Å². The van der Waals surface area contributed by atoms with Crippen LogP contribution in [0.1, 0.15) is 11.3 Å². The maximum atomic E-state index is 8.72. The minimum Gasteiger partial charge on any atom is -0.437 e. The van der Waals surface area contributed by atoms with Gasteiger partial charge in [0.1, 0.15) is 5.75 Å². The van der Waals surface area contributed by atoms with Gasteiger partial charge in [0.05, 0.1) is 17.8 Å². The highest BCUT2D eigenvalue weighted by Gasteiger charge is 2.00. The van der Waals surface area contributed by atoms with Gasteiger partial charge in [0.15, 0.2) is 0 Å². The molecule has 2 rings (SSSR count). The smallest absolute Gasteiger partial charge is 0.220 e. The van der Waals surface area contributed by atoms with Crippen molar-refractivity contribution >= 4 is 0 Å². The van der Waals surface area contributed by atoms with Gasteiger partial charge >= 0.3 is 0 Å². The summed E-state index contributed by atoms with van der Waals surface area (Å²) in [6, 6.07) is 8.89. The first kappa shape index (κ1) is 10.1. The van der Waals surface area contributed by atoms with E-state index in [-0.39, 0.29) is 0 Å². The summed E-state index contributed by atoms with van der Waals surface area (Å²) in [6.45, 7) is 1.90. The lowest BCUT2D eigenvalue weighted by atomic mass is 10.3. The predicted molar refractivity (Wildman–Crippen MR) is 58.0 cm³/mol. The largest absolute Gasteiger partial charge is 0.437 e. The highest BCUT2D eigenvalue weighted by atomic mass is 16.5. The van der Waals surface area contributed by atoms with Crippen LogP contribution in [0.2, 0.25) is 0 Å². The Bertz CT molecular complexity index is 529. The van der Waals surface area contributed by atoms with Crippen molar-refractivity contribution in [2.45, 2.75) is 6.92 Å². The molecule has 0 spiro atoms. The molecule has 0 aliphatic carbocycles. The van der Waals surface area contributed by atoms with Gasteiger partial charge in [0.25, 0.3) is 0 Å². The summed E-state index contributed by atoms with van der Waals surface area (Å²) in [7, 11) is 0. The van der Waals surface area contributed by atoms with Crippen LogP contribution >= 0.6 is 0 Å². The molecule has 0 aliphatic rings. The van der Waals surface area contributed by atoms with E-state index >= 15 is 0 Å². The van der Waals surface area contributed by atoms with Gasteiger partial charge in [-0.3, -0.25) is 4.98 Å². The number of ether oxygens (including phenoxy) is 1. The van der Waals surface area contributed by atoms with Crippen molar-refractivity contribution in [3.63, 3.8) is 0 Å². The molecule has 4 heteroatoms. The molecule has 0 N–H and O–H groups in total. The average Bonchev–Trinajstić information content (AvgIpc) is 2.32. The Morgan fingerprint density at radius 3 is 2.81 bits per heavy atom. The van der Waals surface area contributed by atoms with Gasteiger partial charge < -0.3 is 4.74 Å². The van der Waals surface area contributed by atoms with E-state index in [1.807, 2.05) is 25.1 Å². The third-order valence-corrected chi connectivity index (χ3v) is 1.97. The first-order chi connectivity index (χ1) is 7.78. The summed E-state index contributed by atoms with van der Waals surface area (Å²) in [5.41, 5.74) is 1.44. The van der Waals surface area contributed by atoms with E-state index < -0.39 is 0 Å². The number of hydrogen-bond acceptors (Lipinski definition) is 4. The zero-order valence-electron chi connectivity index (χ0n) is 8.71. The van der Waals surface area contributed by atoms with E-state index in [0.29, 0.717) is 17.2 Å². The average molecular weight is 211 g/mol. The monoisotopic (exact) mass is 211 g/mol. The zero-order chi connectivity index (χ0) is 11.4. The highest BCUT2D eigenvalue weighted by molar-refractivity contribution is 5.33. The van der Waals surface area contributed by atoms with E-state index in [0.717, 1.165) is 5.69 Å². The molecule has 4 nitrogen and oxygen atoms in total. The number of pyridine rings is 2. The Hall–Kier alpha value is -2.41. The molecule has 0 saturated carbocycles. The highest BCUT2D eigenvalue weighted by Crippen LogP contribution is 2.18. The molecule has 0 amide bonds. The van der Waals surface area contributed by atoms with E-state index in [1.54, 1.807) is 18.3 Å². The van der Waals surface area contributed by atoms with Crippen LogP contribution in [0.25, 0.3) is 0 Å². The third kappa shape index (κ3) is 2.34. The maximum Gasteiger partial charge on any atom is 0.220 e. The van der Waals surface area contributed by atoms with E-state index in [9.17, 15) is 0 Å². The summed E-state index contributed by atoms with van der Waals surface area (Å²) in [5, 5.41) is 8.72. The fourth-order valence-corrected chi connectivity index (χ4v) is 1.17. The fraction of sp³-hybridized carbons (Fsp3) is 0.0833. The zero-order valence-corrected chi connectivity index (χ0v) is 8.71. The first-order valence-corrected chi connectivity index (χ1v) is 4.74. The van der Waals surface area contributed by atoms with Crippen molar-refractivity contribution in [1.82, 2.24) is 9.97 Å². The van der Waals surface area contributed by atoms with Crippen molar-refractivity contribution in [3.05, 3.63) is 47.9 Å². The van der Waals surface area contributed by atoms with Crippen molar-refractivity contribution in [2.24, 2.45) is 0 Å². The van der Waals surface area contributed by atoms with Crippen molar-refractivity contribution in [1.29, 1.82) is 5.26 Å². The Balaban J connectivity index is 2.21. The lowest BCUT2D eigenvalue weighted by molar-refractivity contribution is 0.460. The van der Waals surface area contributed by atoms with Crippen LogP contribution in [-0.2, 0) is 0 Å². The molecule has 0 aromatic carbocycles. The SMILES string of the molecule is Cc1ccc(Oc2cc(C#N)ccn2)cn1. The number of aromatic nitrogens is 2. The lowest BCUT2D eigenvalue weighted by Gasteiger charge is -2.03. The molecule has 78 valence electrons. The van der Waals surface area contributed by atoms with E-state index in [4.69, 9.17) is 10.00 Å². The number of nitriles is 1. The van der Waals surface area contributed by atoms with Crippen molar-refractivity contribution in [2.75, 3.05) is 0 Å². The van der Waals surface area contributed by atoms with Gasteiger partial charge in [-0.15, -0.1) is 0 Å². The van der Waals surface area contributed by atoms with Crippen LogP contribution in [0.15, 0.2) is 36.7 Å². The molecule has 2 aromatic rings.